The van der Waals surface area contributed by atoms with Gasteiger partial charge < -0.3 is 20.5 Å². The normalized spacial score (nSPS) is 12.0. The topological polar surface area (TPSA) is 82.3 Å². The van der Waals surface area contributed by atoms with Crippen LogP contribution in [0.5, 0.6) is 11.8 Å². The highest BCUT2D eigenvalue weighted by Crippen LogP contribution is 2.18. The van der Waals surface area contributed by atoms with E-state index >= 15 is 0 Å². The van der Waals surface area contributed by atoms with Crippen LogP contribution in [0.3, 0.4) is 0 Å². The van der Waals surface area contributed by atoms with E-state index in [9.17, 15) is 0 Å². The third-order valence-electron chi connectivity index (χ3n) is 2.80. The summed E-state index contributed by atoms with van der Waals surface area (Å²) in [7, 11) is 3.13. The zero-order valence-electron chi connectivity index (χ0n) is 11.3. The molecule has 1 heterocycles. The summed E-state index contributed by atoms with van der Waals surface area (Å²) < 4.78 is 10.2. The highest BCUT2D eigenvalue weighted by Gasteiger charge is 2.08. The average Bonchev–Trinajstić information content (AvgIpc) is 2.42. The van der Waals surface area contributed by atoms with Gasteiger partial charge in [0.2, 0.25) is 17.7 Å². The minimum absolute atomic E-state index is 0.483. The Morgan fingerprint density at radius 1 is 1.28 bits per heavy atom. The van der Waals surface area contributed by atoms with Crippen LogP contribution in [0, 0.1) is 5.92 Å². The summed E-state index contributed by atoms with van der Waals surface area (Å²) in [5.41, 5.74) is 5.57. The van der Waals surface area contributed by atoms with Crippen LogP contribution in [0.25, 0.3) is 0 Å². The van der Waals surface area contributed by atoms with Gasteiger partial charge >= 0.3 is 0 Å². The Balaban J connectivity index is 2.65. The second kappa shape index (κ2) is 7.71. The molecule has 0 saturated carbocycles. The van der Waals surface area contributed by atoms with Crippen molar-refractivity contribution in [3.63, 3.8) is 0 Å². The molecule has 6 heteroatoms. The molecule has 1 atom stereocenters. The Hall–Kier alpha value is -1.56. The lowest BCUT2D eigenvalue weighted by Gasteiger charge is -2.15. The molecule has 102 valence electrons. The van der Waals surface area contributed by atoms with E-state index in [1.165, 1.54) is 0 Å². The van der Waals surface area contributed by atoms with Crippen LogP contribution in [0.15, 0.2) is 6.07 Å². The van der Waals surface area contributed by atoms with Crippen molar-refractivity contribution < 1.29 is 9.47 Å². The molecule has 18 heavy (non-hydrogen) atoms. The van der Waals surface area contributed by atoms with E-state index in [0.29, 0.717) is 30.2 Å². The number of hydrogen-bond donors (Lipinski definition) is 2. The molecule has 6 nitrogen and oxygen atoms in total. The standard InChI is InChI=1S/C12H22N4O2/c1-4-9(5-6-13)8-14-12-15-10(17-2)7-11(16-12)18-3/h7,9H,4-6,8,13H2,1-3H3,(H,14,15,16). The fourth-order valence-corrected chi connectivity index (χ4v) is 1.61. The first kappa shape index (κ1) is 14.5. The molecule has 1 aromatic rings. The molecule has 0 aliphatic rings. The van der Waals surface area contributed by atoms with Gasteiger partial charge in [0, 0.05) is 6.54 Å². The average molecular weight is 254 g/mol. The predicted molar refractivity (Wildman–Crippen MR) is 71.1 cm³/mol. The van der Waals surface area contributed by atoms with Crippen molar-refractivity contribution >= 4 is 5.95 Å². The summed E-state index contributed by atoms with van der Waals surface area (Å²) in [6.45, 7) is 3.64. The lowest BCUT2D eigenvalue weighted by molar-refractivity contribution is 0.372. The number of anilines is 1. The molecule has 0 radical (unpaired) electrons. The van der Waals surface area contributed by atoms with Crippen molar-refractivity contribution in [1.29, 1.82) is 0 Å². The third-order valence-corrected chi connectivity index (χ3v) is 2.80. The van der Waals surface area contributed by atoms with E-state index in [4.69, 9.17) is 15.2 Å². The van der Waals surface area contributed by atoms with Crippen molar-refractivity contribution in [2.75, 3.05) is 32.6 Å². The quantitative estimate of drug-likeness (QED) is 0.727. The molecule has 0 spiro atoms. The molecule has 1 unspecified atom stereocenters. The second-order valence-corrected chi connectivity index (χ2v) is 4.01. The van der Waals surface area contributed by atoms with Crippen molar-refractivity contribution in [2.24, 2.45) is 11.7 Å². The number of methoxy groups -OCH3 is 2. The lowest BCUT2D eigenvalue weighted by atomic mass is 10.0. The van der Waals surface area contributed by atoms with E-state index in [2.05, 4.69) is 22.2 Å². The van der Waals surface area contributed by atoms with E-state index in [0.717, 1.165) is 19.4 Å². The first-order valence-electron chi connectivity index (χ1n) is 6.14. The summed E-state index contributed by atoms with van der Waals surface area (Å²) in [5.74, 6) is 2.00. The number of nitrogens with zero attached hydrogens (tertiary/aromatic N) is 2. The van der Waals surface area contributed by atoms with Crippen LogP contribution in [0.1, 0.15) is 19.8 Å². The van der Waals surface area contributed by atoms with Gasteiger partial charge in [0.25, 0.3) is 0 Å². The van der Waals surface area contributed by atoms with Crippen molar-refractivity contribution in [3.8, 4) is 11.8 Å². The predicted octanol–water partition coefficient (Wildman–Crippen LogP) is 1.28. The molecular formula is C12H22N4O2. The Morgan fingerprint density at radius 2 is 1.89 bits per heavy atom. The Kier molecular flexibility index (Phi) is 6.21. The van der Waals surface area contributed by atoms with Gasteiger partial charge in [0.15, 0.2) is 0 Å². The highest BCUT2D eigenvalue weighted by molar-refractivity contribution is 5.33. The Bertz CT molecular complexity index is 338. The van der Waals surface area contributed by atoms with Crippen LogP contribution in [-0.4, -0.2) is 37.3 Å². The van der Waals surface area contributed by atoms with Crippen LogP contribution in [-0.2, 0) is 0 Å². The number of hydrogen-bond acceptors (Lipinski definition) is 6. The van der Waals surface area contributed by atoms with E-state index < -0.39 is 0 Å². The number of nitrogens with two attached hydrogens (primary N) is 1. The zero-order valence-corrected chi connectivity index (χ0v) is 11.3. The second-order valence-electron chi connectivity index (χ2n) is 4.01. The minimum Gasteiger partial charge on any atom is -0.481 e. The molecule has 0 aliphatic heterocycles. The van der Waals surface area contributed by atoms with Crippen LogP contribution >= 0.6 is 0 Å². The fourth-order valence-electron chi connectivity index (χ4n) is 1.61. The highest BCUT2D eigenvalue weighted by atomic mass is 16.5. The van der Waals surface area contributed by atoms with Crippen LogP contribution in [0.2, 0.25) is 0 Å². The first-order valence-corrected chi connectivity index (χ1v) is 6.14. The lowest BCUT2D eigenvalue weighted by Crippen LogP contribution is -2.18. The first-order chi connectivity index (χ1) is 8.73. The van der Waals surface area contributed by atoms with Crippen LogP contribution < -0.4 is 20.5 Å². The minimum atomic E-state index is 0.483. The molecule has 1 rings (SSSR count). The smallest absolute Gasteiger partial charge is 0.229 e. The zero-order chi connectivity index (χ0) is 13.4. The van der Waals surface area contributed by atoms with E-state index in [-0.39, 0.29) is 0 Å². The maximum atomic E-state index is 5.57. The third kappa shape index (κ3) is 4.37. The van der Waals surface area contributed by atoms with E-state index in [1.807, 2.05) is 0 Å². The molecule has 0 aliphatic carbocycles. The molecular weight excluding hydrogens is 232 g/mol. The van der Waals surface area contributed by atoms with Gasteiger partial charge in [0.1, 0.15) is 0 Å². The molecule has 1 aromatic heterocycles. The summed E-state index contributed by atoms with van der Waals surface area (Å²) in [5, 5.41) is 3.19. The molecule has 0 aromatic carbocycles. The maximum absolute atomic E-state index is 5.57. The number of ether oxygens (including phenoxy) is 2. The molecule has 0 bridgehead atoms. The monoisotopic (exact) mass is 254 g/mol. The van der Waals surface area contributed by atoms with Gasteiger partial charge in [-0.3, -0.25) is 0 Å². The van der Waals surface area contributed by atoms with E-state index in [1.54, 1.807) is 20.3 Å². The summed E-state index contributed by atoms with van der Waals surface area (Å²) in [6.07, 6.45) is 2.07. The molecule has 0 saturated heterocycles. The van der Waals surface area contributed by atoms with Crippen molar-refractivity contribution in [3.05, 3.63) is 6.07 Å². The summed E-state index contributed by atoms with van der Waals surface area (Å²) in [6, 6.07) is 1.64. The maximum Gasteiger partial charge on any atom is 0.229 e. The number of nitrogens with one attached hydrogen (secondary N) is 1. The fraction of sp³-hybridized carbons (Fsp3) is 0.667. The SMILES string of the molecule is CCC(CCN)CNc1nc(OC)cc(OC)n1. The van der Waals surface area contributed by atoms with Crippen LogP contribution in [0.4, 0.5) is 5.95 Å². The van der Waals surface area contributed by atoms with Gasteiger partial charge in [-0.2, -0.15) is 9.97 Å². The van der Waals surface area contributed by atoms with Gasteiger partial charge in [-0.05, 0) is 18.9 Å². The number of rotatable bonds is 8. The van der Waals surface area contributed by atoms with Gasteiger partial charge in [-0.25, -0.2) is 0 Å². The van der Waals surface area contributed by atoms with Crippen molar-refractivity contribution in [1.82, 2.24) is 9.97 Å². The van der Waals surface area contributed by atoms with Gasteiger partial charge in [0.05, 0.1) is 20.3 Å². The molecule has 0 fully saturated rings. The summed E-state index contributed by atoms with van der Waals surface area (Å²) >= 11 is 0. The molecule has 3 N–H and O–H groups in total. The summed E-state index contributed by atoms with van der Waals surface area (Å²) in [4.78, 5) is 8.42. The Morgan fingerprint density at radius 3 is 2.33 bits per heavy atom. The number of aromatic nitrogens is 2. The van der Waals surface area contributed by atoms with Crippen molar-refractivity contribution in [2.45, 2.75) is 19.8 Å². The largest absolute Gasteiger partial charge is 0.481 e. The Labute approximate surface area is 108 Å². The van der Waals surface area contributed by atoms with Gasteiger partial charge in [-0.15, -0.1) is 0 Å². The molecule has 0 amide bonds. The van der Waals surface area contributed by atoms with Gasteiger partial charge in [-0.1, -0.05) is 13.3 Å².